The van der Waals surface area contributed by atoms with E-state index >= 15 is 0 Å². The van der Waals surface area contributed by atoms with E-state index in [4.69, 9.17) is 23.2 Å². The first-order valence-corrected chi connectivity index (χ1v) is 6.34. The topological polar surface area (TPSA) is 12.0 Å². The maximum absolute atomic E-state index is 12.8. The molecule has 1 nitrogen and oxygen atoms in total. The highest BCUT2D eigenvalue weighted by molar-refractivity contribution is 6.33. The molecule has 0 heterocycles. The van der Waals surface area contributed by atoms with Crippen LogP contribution in [0.15, 0.2) is 18.2 Å². The second-order valence-corrected chi connectivity index (χ2v) is 4.83. The Morgan fingerprint density at radius 2 is 1.94 bits per heavy atom. The minimum absolute atomic E-state index is 0.219. The third-order valence-corrected chi connectivity index (χ3v) is 3.07. The Morgan fingerprint density at radius 3 is 2.50 bits per heavy atom. The van der Waals surface area contributed by atoms with Crippen molar-refractivity contribution >= 4 is 23.2 Å². The molecule has 0 fully saturated rings. The van der Waals surface area contributed by atoms with E-state index < -0.39 is 12.2 Å². The van der Waals surface area contributed by atoms with Crippen LogP contribution in [0.2, 0.25) is 10.0 Å². The van der Waals surface area contributed by atoms with Gasteiger partial charge in [0.05, 0.1) is 0 Å². The van der Waals surface area contributed by atoms with Gasteiger partial charge >= 0.3 is 6.18 Å². The maximum Gasteiger partial charge on any atom is 0.404 e. The molecule has 0 radical (unpaired) electrons. The minimum Gasteiger partial charge on any atom is -0.306 e. The SMILES string of the molecule is CCCNC(Cc1cc(Cl)ccc1Cl)C(F)(F)F. The van der Waals surface area contributed by atoms with Crippen LogP contribution in [0.3, 0.4) is 0 Å². The molecule has 0 bridgehead atoms. The third kappa shape index (κ3) is 4.67. The van der Waals surface area contributed by atoms with Gasteiger partial charge in [-0.15, -0.1) is 0 Å². The van der Waals surface area contributed by atoms with Crippen LogP contribution in [0.25, 0.3) is 0 Å². The molecule has 6 heteroatoms. The Hall–Kier alpha value is -0.450. The summed E-state index contributed by atoms with van der Waals surface area (Å²) in [7, 11) is 0. The fraction of sp³-hybridized carbons (Fsp3) is 0.500. The molecule has 0 aliphatic heterocycles. The first-order valence-electron chi connectivity index (χ1n) is 5.58. The summed E-state index contributed by atoms with van der Waals surface area (Å²) < 4.78 is 38.5. The predicted molar refractivity (Wildman–Crippen MR) is 68.3 cm³/mol. The van der Waals surface area contributed by atoms with Gasteiger partial charge in [-0.05, 0) is 43.1 Å². The summed E-state index contributed by atoms with van der Waals surface area (Å²) in [5.74, 6) is 0. The van der Waals surface area contributed by atoms with Crippen molar-refractivity contribution in [1.82, 2.24) is 5.32 Å². The van der Waals surface area contributed by atoms with Gasteiger partial charge in [0, 0.05) is 10.0 Å². The van der Waals surface area contributed by atoms with Crippen molar-refractivity contribution in [2.24, 2.45) is 0 Å². The predicted octanol–water partition coefficient (Wildman–Crippen LogP) is 4.47. The molecule has 0 amide bonds. The molecule has 0 saturated heterocycles. The van der Waals surface area contributed by atoms with E-state index in [2.05, 4.69) is 5.32 Å². The van der Waals surface area contributed by atoms with Gasteiger partial charge in [0.2, 0.25) is 0 Å². The zero-order chi connectivity index (χ0) is 13.8. The summed E-state index contributed by atoms with van der Waals surface area (Å²) in [6.07, 6.45) is -3.89. The largest absolute Gasteiger partial charge is 0.404 e. The number of alkyl halides is 3. The average molecular weight is 300 g/mol. The van der Waals surface area contributed by atoms with Gasteiger partial charge in [0.1, 0.15) is 6.04 Å². The Kier molecular flexibility index (Phi) is 5.76. The number of halogens is 5. The van der Waals surface area contributed by atoms with Crippen molar-refractivity contribution in [1.29, 1.82) is 0 Å². The van der Waals surface area contributed by atoms with E-state index in [1.165, 1.54) is 12.1 Å². The van der Waals surface area contributed by atoms with Crippen molar-refractivity contribution in [3.8, 4) is 0 Å². The van der Waals surface area contributed by atoms with Gasteiger partial charge in [-0.1, -0.05) is 30.1 Å². The van der Waals surface area contributed by atoms with E-state index in [9.17, 15) is 13.2 Å². The van der Waals surface area contributed by atoms with Crippen LogP contribution in [0.4, 0.5) is 13.2 Å². The van der Waals surface area contributed by atoms with E-state index in [1.807, 2.05) is 6.92 Å². The average Bonchev–Trinajstić information content (AvgIpc) is 2.27. The highest BCUT2D eigenvalue weighted by Gasteiger charge is 2.39. The fourth-order valence-electron chi connectivity index (χ4n) is 1.54. The van der Waals surface area contributed by atoms with Gasteiger partial charge in [0.25, 0.3) is 0 Å². The summed E-state index contributed by atoms with van der Waals surface area (Å²) in [5.41, 5.74) is 0.398. The fourth-order valence-corrected chi connectivity index (χ4v) is 1.93. The first kappa shape index (κ1) is 15.6. The normalized spacial score (nSPS) is 13.7. The van der Waals surface area contributed by atoms with Crippen molar-refractivity contribution in [3.05, 3.63) is 33.8 Å². The van der Waals surface area contributed by atoms with Crippen molar-refractivity contribution in [3.63, 3.8) is 0 Å². The lowest BCUT2D eigenvalue weighted by atomic mass is 10.1. The molecule has 0 aromatic heterocycles. The highest BCUT2D eigenvalue weighted by Crippen LogP contribution is 2.27. The van der Waals surface area contributed by atoms with Crippen molar-refractivity contribution < 1.29 is 13.2 Å². The van der Waals surface area contributed by atoms with E-state index in [1.54, 1.807) is 6.07 Å². The highest BCUT2D eigenvalue weighted by atomic mass is 35.5. The molecule has 0 aliphatic carbocycles. The Bertz CT molecular complexity index is 393. The zero-order valence-corrected chi connectivity index (χ0v) is 11.3. The van der Waals surface area contributed by atoms with Gasteiger partial charge < -0.3 is 5.32 Å². The van der Waals surface area contributed by atoms with E-state index in [0.29, 0.717) is 28.6 Å². The Labute approximate surface area is 114 Å². The smallest absolute Gasteiger partial charge is 0.306 e. The molecule has 1 aromatic carbocycles. The standard InChI is InChI=1S/C12H14Cl2F3N/c1-2-5-18-11(12(15,16)17)7-8-6-9(13)3-4-10(8)14/h3-4,6,11,18H,2,5,7H2,1H3. The van der Waals surface area contributed by atoms with Crippen molar-refractivity contribution in [2.45, 2.75) is 32.0 Å². The zero-order valence-electron chi connectivity index (χ0n) is 9.82. The summed E-state index contributed by atoms with van der Waals surface area (Å²) in [4.78, 5) is 0. The van der Waals surface area contributed by atoms with Crippen LogP contribution < -0.4 is 5.32 Å². The van der Waals surface area contributed by atoms with Gasteiger partial charge in [-0.2, -0.15) is 13.2 Å². The van der Waals surface area contributed by atoms with Gasteiger partial charge in [-0.3, -0.25) is 0 Å². The number of nitrogens with one attached hydrogen (secondary N) is 1. The van der Waals surface area contributed by atoms with Crippen LogP contribution in [0.5, 0.6) is 0 Å². The molecule has 0 aliphatic rings. The molecule has 0 spiro atoms. The Balaban J connectivity index is 2.85. The molecule has 1 aromatic rings. The lowest BCUT2D eigenvalue weighted by Crippen LogP contribution is -2.44. The Morgan fingerprint density at radius 1 is 1.28 bits per heavy atom. The second-order valence-electron chi connectivity index (χ2n) is 3.99. The summed E-state index contributed by atoms with van der Waals surface area (Å²) >= 11 is 11.6. The molecule has 1 atom stereocenters. The monoisotopic (exact) mass is 299 g/mol. The molecule has 1 unspecified atom stereocenters. The number of benzene rings is 1. The molecule has 1 N–H and O–H groups in total. The van der Waals surface area contributed by atoms with Crippen LogP contribution >= 0.6 is 23.2 Å². The quantitative estimate of drug-likeness (QED) is 0.846. The molecular weight excluding hydrogens is 286 g/mol. The molecule has 102 valence electrons. The number of hydrogen-bond acceptors (Lipinski definition) is 1. The van der Waals surface area contributed by atoms with Crippen LogP contribution in [-0.4, -0.2) is 18.8 Å². The molecular formula is C12H14Cl2F3N. The minimum atomic E-state index is -4.30. The maximum atomic E-state index is 12.8. The van der Waals surface area contributed by atoms with Crippen LogP contribution in [0.1, 0.15) is 18.9 Å². The second kappa shape index (κ2) is 6.64. The van der Waals surface area contributed by atoms with E-state index in [0.717, 1.165) is 0 Å². The summed E-state index contributed by atoms with van der Waals surface area (Å²) in [6.45, 7) is 2.12. The summed E-state index contributed by atoms with van der Waals surface area (Å²) in [5, 5.41) is 3.16. The van der Waals surface area contributed by atoms with Crippen LogP contribution in [-0.2, 0) is 6.42 Å². The molecule has 1 rings (SSSR count). The molecule has 18 heavy (non-hydrogen) atoms. The molecule has 0 saturated carbocycles. The third-order valence-electron chi connectivity index (χ3n) is 2.47. The first-order chi connectivity index (χ1) is 8.34. The summed E-state index contributed by atoms with van der Waals surface area (Å²) in [6, 6.07) is 2.92. The van der Waals surface area contributed by atoms with Gasteiger partial charge in [-0.25, -0.2) is 0 Å². The van der Waals surface area contributed by atoms with E-state index in [-0.39, 0.29) is 6.42 Å². The number of rotatable bonds is 5. The van der Waals surface area contributed by atoms with Crippen molar-refractivity contribution in [2.75, 3.05) is 6.54 Å². The van der Waals surface area contributed by atoms with Crippen LogP contribution in [0, 0.1) is 0 Å². The number of hydrogen-bond donors (Lipinski definition) is 1. The van der Waals surface area contributed by atoms with Gasteiger partial charge in [0.15, 0.2) is 0 Å². The lowest BCUT2D eigenvalue weighted by molar-refractivity contribution is -0.155. The lowest BCUT2D eigenvalue weighted by Gasteiger charge is -2.22.